The number of anilines is 1. The Balaban J connectivity index is 2.31. The number of esters is 1. The summed E-state index contributed by atoms with van der Waals surface area (Å²) in [6.07, 6.45) is 6.44. The highest BCUT2D eigenvalue weighted by atomic mass is 35.5. The summed E-state index contributed by atoms with van der Waals surface area (Å²) in [5.74, 6) is -1.66. The van der Waals surface area contributed by atoms with Crippen LogP contribution >= 0.6 is 11.6 Å². The van der Waals surface area contributed by atoms with E-state index in [0.29, 0.717) is 10.7 Å². The van der Waals surface area contributed by atoms with Crippen molar-refractivity contribution < 1.29 is 19.0 Å². The van der Waals surface area contributed by atoms with Crippen molar-refractivity contribution in [3.8, 4) is 0 Å². The molecule has 0 spiro atoms. The molecule has 0 amide bonds. The molecule has 112 valence electrons. The quantitative estimate of drug-likeness (QED) is 0.684. The van der Waals surface area contributed by atoms with Crippen LogP contribution in [0.3, 0.4) is 0 Å². The molecule has 2 N–H and O–H groups in total. The third kappa shape index (κ3) is 3.92. The van der Waals surface area contributed by atoms with Gasteiger partial charge in [-0.15, -0.1) is 0 Å². The topological polar surface area (TPSA) is 70.8 Å². The monoisotopic (exact) mass is 309 g/mol. The minimum atomic E-state index is -1.21. The first-order valence-electron chi connectivity index (χ1n) is 6.33. The van der Waals surface area contributed by atoms with Gasteiger partial charge in [-0.3, -0.25) is 4.79 Å². The van der Waals surface area contributed by atoms with E-state index in [-0.39, 0.29) is 12.8 Å². The number of halogens is 1. The summed E-state index contributed by atoms with van der Waals surface area (Å²) in [6.45, 7) is 0. The Bertz CT molecular complexity index is 569. The van der Waals surface area contributed by atoms with Crippen LogP contribution in [0.5, 0.6) is 0 Å². The lowest BCUT2D eigenvalue weighted by molar-refractivity contribution is -0.188. The molecular weight excluding hydrogens is 294 g/mol. The zero-order chi connectivity index (χ0) is 15.3. The van der Waals surface area contributed by atoms with Gasteiger partial charge in [0, 0.05) is 10.7 Å². The van der Waals surface area contributed by atoms with E-state index < -0.39 is 11.8 Å². The van der Waals surface area contributed by atoms with E-state index in [1.54, 1.807) is 30.4 Å². The van der Waals surface area contributed by atoms with E-state index in [1.807, 2.05) is 0 Å². The highest BCUT2D eigenvalue weighted by molar-refractivity contribution is 6.30. The summed E-state index contributed by atoms with van der Waals surface area (Å²) >= 11 is 5.99. The number of nitrogens with two attached hydrogens (primary N) is 1. The Hall–Kier alpha value is -2.14. The van der Waals surface area contributed by atoms with Gasteiger partial charge < -0.3 is 19.9 Å². The number of allylic oxidation sites excluding steroid dienone is 2. The van der Waals surface area contributed by atoms with Crippen molar-refractivity contribution in [1.82, 2.24) is 0 Å². The first-order valence-corrected chi connectivity index (χ1v) is 6.70. The van der Waals surface area contributed by atoms with Gasteiger partial charge in [0.25, 0.3) is 5.79 Å². The van der Waals surface area contributed by atoms with Gasteiger partial charge in [-0.25, -0.2) is 0 Å². The van der Waals surface area contributed by atoms with Crippen molar-refractivity contribution in [1.29, 1.82) is 0 Å². The highest BCUT2D eigenvalue weighted by Gasteiger charge is 2.37. The Labute approximate surface area is 127 Å². The fraction of sp³-hybridized carbons (Fsp3) is 0.267. The zero-order valence-electron chi connectivity index (χ0n) is 11.5. The molecule has 1 aromatic carbocycles. The molecule has 0 saturated heterocycles. The van der Waals surface area contributed by atoms with Crippen LogP contribution in [-0.2, 0) is 25.4 Å². The molecule has 2 rings (SSSR count). The van der Waals surface area contributed by atoms with Crippen LogP contribution in [-0.4, -0.2) is 18.9 Å². The number of ether oxygens (including phenoxy) is 3. The molecule has 21 heavy (non-hydrogen) atoms. The molecule has 0 bridgehead atoms. The minimum Gasteiger partial charge on any atom is -0.469 e. The number of rotatable bonds is 4. The largest absolute Gasteiger partial charge is 0.469 e. The number of carbonyl (C=O) groups excluding carboxylic acids is 1. The summed E-state index contributed by atoms with van der Waals surface area (Å²) in [7, 11) is 1.31. The van der Waals surface area contributed by atoms with Gasteiger partial charge in [-0.2, -0.15) is 0 Å². The van der Waals surface area contributed by atoms with Crippen molar-refractivity contribution in [3.63, 3.8) is 0 Å². The second-order valence-electron chi connectivity index (χ2n) is 4.58. The van der Waals surface area contributed by atoms with Crippen molar-refractivity contribution in [3.05, 3.63) is 53.5 Å². The van der Waals surface area contributed by atoms with Crippen LogP contribution in [0, 0.1) is 0 Å². The van der Waals surface area contributed by atoms with Gasteiger partial charge in [0.2, 0.25) is 0 Å². The average molecular weight is 310 g/mol. The molecule has 0 aromatic heterocycles. The molecule has 0 unspecified atom stereocenters. The zero-order valence-corrected chi connectivity index (χ0v) is 12.3. The Morgan fingerprint density at radius 2 is 2.00 bits per heavy atom. The van der Waals surface area contributed by atoms with E-state index in [9.17, 15) is 4.79 Å². The molecule has 0 atom stereocenters. The van der Waals surface area contributed by atoms with Crippen LogP contribution in [0.2, 0.25) is 5.02 Å². The second kappa shape index (κ2) is 6.54. The summed E-state index contributed by atoms with van der Waals surface area (Å²) < 4.78 is 15.9. The number of hydrogen-bond donors (Lipinski definition) is 1. The maximum absolute atomic E-state index is 11.7. The predicted octanol–water partition coefficient (Wildman–Crippen LogP) is 2.80. The van der Waals surface area contributed by atoms with Crippen LogP contribution in [0.4, 0.5) is 5.69 Å². The fourth-order valence-electron chi connectivity index (χ4n) is 1.98. The predicted molar refractivity (Wildman–Crippen MR) is 79.4 cm³/mol. The maximum atomic E-state index is 11.7. The van der Waals surface area contributed by atoms with Crippen LogP contribution in [0.15, 0.2) is 42.9 Å². The Morgan fingerprint density at radius 3 is 2.62 bits per heavy atom. The molecule has 0 radical (unpaired) electrons. The molecule has 0 fully saturated rings. The van der Waals surface area contributed by atoms with Gasteiger partial charge in [-0.1, -0.05) is 11.6 Å². The second-order valence-corrected chi connectivity index (χ2v) is 5.01. The standard InChI is InChI=1S/C15H16ClNO4/c1-19-14(18)10-15(20-6-2-3-7-21-15)9-11-8-12(16)4-5-13(11)17/h2-8H,9-10,17H2,1H3. The van der Waals surface area contributed by atoms with Crippen molar-refractivity contribution in [2.75, 3.05) is 12.8 Å². The Kier molecular flexibility index (Phi) is 4.75. The van der Waals surface area contributed by atoms with Gasteiger partial charge >= 0.3 is 5.97 Å². The first kappa shape index (κ1) is 15.3. The smallest absolute Gasteiger partial charge is 0.313 e. The van der Waals surface area contributed by atoms with Crippen LogP contribution in [0.1, 0.15) is 12.0 Å². The molecular formula is C15H16ClNO4. The SMILES string of the molecule is COC(=O)CC1(Cc2cc(Cl)ccc2N)OC=CC=CO1. The molecule has 0 saturated carbocycles. The third-order valence-corrected chi connectivity index (χ3v) is 3.28. The van der Waals surface area contributed by atoms with Crippen molar-refractivity contribution in [2.24, 2.45) is 0 Å². The van der Waals surface area contributed by atoms with Gasteiger partial charge in [0.15, 0.2) is 0 Å². The van der Waals surface area contributed by atoms with Crippen LogP contribution < -0.4 is 5.73 Å². The lowest BCUT2D eigenvalue weighted by atomic mass is 10.0. The summed E-state index contributed by atoms with van der Waals surface area (Å²) in [5, 5.41) is 0.548. The fourth-order valence-corrected chi connectivity index (χ4v) is 2.18. The van der Waals surface area contributed by atoms with Crippen molar-refractivity contribution >= 4 is 23.3 Å². The molecule has 1 aromatic rings. The first-order chi connectivity index (χ1) is 10.0. The average Bonchev–Trinajstić information content (AvgIpc) is 2.68. The maximum Gasteiger partial charge on any atom is 0.313 e. The Morgan fingerprint density at radius 1 is 1.33 bits per heavy atom. The third-order valence-electron chi connectivity index (χ3n) is 3.04. The van der Waals surface area contributed by atoms with Gasteiger partial charge in [-0.05, 0) is 35.9 Å². The molecule has 1 aliphatic heterocycles. The van der Waals surface area contributed by atoms with E-state index in [1.165, 1.54) is 19.6 Å². The number of hydrogen-bond acceptors (Lipinski definition) is 5. The van der Waals surface area contributed by atoms with E-state index in [2.05, 4.69) is 0 Å². The van der Waals surface area contributed by atoms with E-state index in [4.69, 9.17) is 31.5 Å². The number of carbonyl (C=O) groups is 1. The molecule has 5 nitrogen and oxygen atoms in total. The molecule has 6 heteroatoms. The minimum absolute atomic E-state index is 0.0792. The summed E-state index contributed by atoms with van der Waals surface area (Å²) in [6, 6.07) is 5.12. The van der Waals surface area contributed by atoms with Crippen LogP contribution in [0.25, 0.3) is 0 Å². The highest BCUT2D eigenvalue weighted by Crippen LogP contribution is 2.30. The lowest BCUT2D eigenvalue weighted by Gasteiger charge is -2.31. The normalized spacial score (nSPS) is 15.7. The molecule has 0 aliphatic carbocycles. The number of benzene rings is 1. The van der Waals surface area contributed by atoms with Crippen molar-refractivity contribution in [2.45, 2.75) is 18.6 Å². The summed E-state index contributed by atoms with van der Waals surface area (Å²) in [4.78, 5) is 11.7. The van der Waals surface area contributed by atoms with E-state index >= 15 is 0 Å². The number of methoxy groups -OCH3 is 1. The van der Waals surface area contributed by atoms with Gasteiger partial charge in [0.05, 0.1) is 26.1 Å². The summed E-state index contributed by atoms with van der Waals surface area (Å²) in [5.41, 5.74) is 7.23. The molecule has 1 heterocycles. The van der Waals surface area contributed by atoms with Gasteiger partial charge in [0.1, 0.15) is 6.42 Å². The molecule has 1 aliphatic rings. The van der Waals surface area contributed by atoms with E-state index in [0.717, 1.165) is 5.56 Å². The lowest BCUT2D eigenvalue weighted by Crippen LogP contribution is -2.38. The number of nitrogen functional groups attached to an aromatic ring is 1.